The van der Waals surface area contributed by atoms with Gasteiger partial charge in [0.25, 0.3) is 11.8 Å². The van der Waals surface area contributed by atoms with Crippen LogP contribution in [0.1, 0.15) is 89.9 Å². The number of carbonyl (C=O) groups excluding carboxylic acids is 2. The summed E-state index contributed by atoms with van der Waals surface area (Å²) in [4.78, 5) is 28.4. The third-order valence-corrected chi connectivity index (χ3v) is 6.93. The molecular formula is C37H60N6O3S. The quantitative estimate of drug-likeness (QED) is 0.0324. The van der Waals surface area contributed by atoms with Crippen molar-refractivity contribution in [1.29, 1.82) is 0 Å². The van der Waals surface area contributed by atoms with Crippen molar-refractivity contribution < 1.29 is 14.3 Å². The molecule has 2 amide bonds. The highest BCUT2D eigenvalue weighted by Gasteiger charge is 2.09. The van der Waals surface area contributed by atoms with E-state index >= 15 is 0 Å². The molecule has 1 fully saturated rings. The molecule has 0 aromatic heterocycles. The van der Waals surface area contributed by atoms with Crippen molar-refractivity contribution in [3.63, 3.8) is 0 Å². The number of rotatable bonds is 14. The molecule has 0 unspecified atom stereocenters. The number of nitrogens with zero attached hydrogens (tertiary/aromatic N) is 1. The predicted octanol–water partition coefficient (Wildman–Crippen LogP) is 6.88. The van der Waals surface area contributed by atoms with Crippen molar-refractivity contribution >= 4 is 35.8 Å². The van der Waals surface area contributed by atoms with Gasteiger partial charge < -0.3 is 32.2 Å². The summed E-state index contributed by atoms with van der Waals surface area (Å²) in [7, 11) is 1.68. The summed E-state index contributed by atoms with van der Waals surface area (Å²) in [5, 5.41) is 9.09. The number of amides is 2. The fraction of sp³-hybridized carbons (Fsp3) is 0.486. The van der Waals surface area contributed by atoms with E-state index in [4.69, 9.17) is 16.2 Å². The summed E-state index contributed by atoms with van der Waals surface area (Å²) >= 11 is 3.93. The number of carbonyl (C=O) groups is 2. The van der Waals surface area contributed by atoms with Gasteiger partial charge in [-0.15, -0.1) is 0 Å². The second kappa shape index (κ2) is 28.6. The normalized spacial score (nSPS) is 13.0. The van der Waals surface area contributed by atoms with E-state index < -0.39 is 5.91 Å². The number of primary amides is 1. The summed E-state index contributed by atoms with van der Waals surface area (Å²) < 4.78 is 4.75. The fourth-order valence-corrected chi connectivity index (χ4v) is 4.41. The molecule has 0 heterocycles. The number of hydrogen-bond acceptors (Lipinski definition) is 8. The van der Waals surface area contributed by atoms with Gasteiger partial charge in [-0.2, -0.15) is 12.6 Å². The van der Waals surface area contributed by atoms with Crippen LogP contribution in [-0.2, 0) is 9.53 Å². The smallest absolute Gasteiger partial charge is 0.262 e. The molecule has 1 aliphatic carbocycles. The minimum absolute atomic E-state index is 0.148. The first-order valence-electron chi connectivity index (χ1n) is 16.8. The highest BCUT2D eigenvalue weighted by Crippen LogP contribution is 2.21. The van der Waals surface area contributed by atoms with Crippen LogP contribution >= 0.6 is 12.6 Å². The molecule has 1 saturated carbocycles. The molecule has 2 aromatic rings. The van der Waals surface area contributed by atoms with Crippen LogP contribution in [-0.4, -0.2) is 56.8 Å². The number of ether oxygens (including phenoxy) is 1. The summed E-state index contributed by atoms with van der Waals surface area (Å²) in [5.74, 6) is -0.121. The topological polar surface area (TPSA) is 144 Å². The average molecular weight is 669 g/mol. The molecule has 2 aromatic carbocycles. The lowest BCUT2D eigenvalue weighted by Crippen LogP contribution is -2.27. The van der Waals surface area contributed by atoms with Gasteiger partial charge in [-0.05, 0) is 61.7 Å². The Morgan fingerprint density at radius 1 is 0.915 bits per heavy atom. The molecule has 0 radical (unpaired) electrons. The summed E-state index contributed by atoms with van der Waals surface area (Å²) in [5.41, 5.74) is 15.9. The van der Waals surface area contributed by atoms with Crippen LogP contribution in [0.15, 0.2) is 77.1 Å². The largest absolute Gasteiger partial charge is 0.399 e. The maximum Gasteiger partial charge on any atom is 0.262 e. The first-order chi connectivity index (χ1) is 22.7. The highest BCUT2D eigenvalue weighted by atomic mass is 32.1. The monoisotopic (exact) mass is 668 g/mol. The summed E-state index contributed by atoms with van der Waals surface area (Å²) in [6.45, 7) is 12.1. The second-order valence-corrected chi connectivity index (χ2v) is 10.8. The number of methoxy groups -OCH3 is 1. The molecule has 1 aliphatic rings. The van der Waals surface area contributed by atoms with Crippen LogP contribution < -0.4 is 27.4 Å². The summed E-state index contributed by atoms with van der Waals surface area (Å²) in [6.07, 6.45) is 13.7. The highest BCUT2D eigenvalue weighted by molar-refractivity contribution is 7.80. The van der Waals surface area contributed by atoms with Crippen molar-refractivity contribution in [2.75, 3.05) is 45.0 Å². The molecule has 262 valence electrons. The van der Waals surface area contributed by atoms with Gasteiger partial charge in [-0.3, -0.25) is 14.6 Å². The maximum absolute atomic E-state index is 12.7. The van der Waals surface area contributed by atoms with E-state index in [0.717, 1.165) is 48.8 Å². The first kappa shape index (κ1) is 43.4. The Morgan fingerprint density at radius 2 is 1.45 bits per heavy atom. The lowest BCUT2D eigenvalue weighted by molar-refractivity contribution is -0.112. The molecule has 3 rings (SSSR count). The zero-order chi connectivity index (χ0) is 35.3. The van der Waals surface area contributed by atoms with Crippen molar-refractivity contribution in [2.24, 2.45) is 10.7 Å². The van der Waals surface area contributed by atoms with Gasteiger partial charge in [-0.1, -0.05) is 89.6 Å². The van der Waals surface area contributed by atoms with E-state index in [9.17, 15) is 9.59 Å². The molecule has 7 N–H and O–H groups in total. The van der Waals surface area contributed by atoms with E-state index in [1.54, 1.807) is 26.2 Å². The van der Waals surface area contributed by atoms with Gasteiger partial charge in [0.05, 0.1) is 18.8 Å². The molecule has 47 heavy (non-hydrogen) atoms. The van der Waals surface area contributed by atoms with Gasteiger partial charge >= 0.3 is 0 Å². The van der Waals surface area contributed by atoms with Crippen LogP contribution in [0.2, 0.25) is 0 Å². The number of allylic oxidation sites excluding steroid dienone is 2. The molecule has 10 heteroatoms. The zero-order valence-corrected chi connectivity index (χ0v) is 30.4. The van der Waals surface area contributed by atoms with Crippen LogP contribution in [0.25, 0.3) is 11.1 Å². The van der Waals surface area contributed by atoms with Crippen molar-refractivity contribution in [3.8, 4) is 11.1 Å². The van der Waals surface area contributed by atoms with Crippen LogP contribution in [0, 0.1) is 0 Å². The number of hydrogen-bond donors (Lipinski definition) is 6. The Hall–Kier alpha value is -3.60. The Kier molecular flexibility index (Phi) is 26.4. The van der Waals surface area contributed by atoms with Crippen molar-refractivity contribution in [1.82, 2.24) is 16.0 Å². The summed E-state index contributed by atoms with van der Waals surface area (Å²) in [6, 6.07) is 14.9. The first-order valence-corrected chi connectivity index (χ1v) is 17.4. The molecule has 0 bridgehead atoms. The van der Waals surface area contributed by atoms with Gasteiger partial charge in [0.15, 0.2) is 0 Å². The number of thiol groups is 1. The van der Waals surface area contributed by atoms with Crippen LogP contribution in [0.3, 0.4) is 0 Å². The van der Waals surface area contributed by atoms with Crippen molar-refractivity contribution in [2.45, 2.75) is 79.6 Å². The number of nitrogens with one attached hydrogen (secondary N) is 3. The molecule has 0 aliphatic heterocycles. The lowest BCUT2D eigenvalue weighted by Gasteiger charge is -2.10. The molecule has 9 nitrogen and oxygen atoms in total. The lowest BCUT2D eigenvalue weighted by atomic mass is 10.0. The number of nitrogens with two attached hydrogens (primary N) is 2. The van der Waals surface area contributed by atoms with Gasteiger partial charge in [0.2, 0.25) is 0 Å². The third-order valence-electron chi connectivity index (χ3n) is 6.71. The average Bonchev–Trinajstić information content (AvgIpc) is 3.10. The minimum atomic E-state index is -0.607. The number of nitrogen functional groups attached to an aromatic ring is 1. The van der Waals surface area contributed by atoms with E-state index in [1.807, 2.05) is 76.2 Å². The van der Waals surface area contributed by atoms with Gasteiger partial charge in [-0.25, -0.2) is 0 Å². The Labute approximate surface area is 289 Å². The van der Waals surface area contributed by atoms with Crippen molar-refractivity contribution in [3.05, 3.63) is 77.6 Å². The molecule has 0 spiro atoms. The van der Waals surface area contributed by atoms with Crippen LogP contribution in [0.5, 0.6) is 0 Å². The van der Waals surface area contributed by atoms with Crippen LogP contribution in [0.4, 0.5) is 5.69 Å². The number of benzene rings is 2. The fourth-order valence-electron chi connectivity index (χ4n) is 4.26. The standard InChI is InChI=1S/C25H31N5O2.C6H12.C4H11NOS.C2H6/c1-4-6-22(28-5-2)15-23(30-17(3)24(27)31)16-29-25(32)20-9-7-18(8-10-20)19-11-13-21(26)14-12-19;1-2-4-6-5-3-1;1-6-3-2-5-4-7;1-2/h6-15,28H,4-5,16,26H2,1-3H3,(H2,27,31)(H,29,32);1-6H2;5,7H,2-4H2,1H3;1-2H3/b22-6-,23-15-,30-17?;;;. The minimum Gasteiger partial charge on any atom is -0.399 e. The predicted molar refractivity (Wildman–Crippen MR) is 204 cm³/mol. The molecule has 0 saturated heterocycles. The van der Waals surface area contributed by atoms with Gasteiger partial charge in [0, 0.05) is 43.0 Å². The van der Waals surface area contributed by atoms with Gasteiger partial charge in [0.1, 0.15) is 5.71 Å². The maximum atomic E-state index is 12.7. The number of likely N-dealkylation sites (N-methyl/N-ethyl adjacent to an activating group) is 1. The second-order valence-electron chi connectivity index (χ2n) is 10.4. The van der Waals surface area contributed by atoms with E-state index in [-0.39, 0.29) is 18.2 Å². The molecule has 0 atom stereocenters. The Balaban J connectivity index is 0.00000116. The SMILES string of the molecule is C1CCCCC1.CC.CC/C=C(/C=C(/CNC(=O)c1ccc(-c2ccc(N)cc2)cc1)N=C(C)C(N)=O)NCC.COCCNCS. The third kappa shape index (κ3) is 21.0. The van der Waals surface area contributed by atoms with E-state index in [0.29, 0.717) is 16.9 Å². The van der Waals surface area contributed by atoms with E-state index in [1.165, 1.54) is 38.5 Å². The number of aliphatic imine (C=N–C) groups is 1. The zero-order valence-electron chi connectivity index (χ0n) is 29.5. The molecular weight excluding hydrogens is 609 g/mol. The Morgan fingerprint density at radius 3 is 1.89 bits per heavy atom. The number of anilines is 1. The Bertz CT molecular complexity index is 1190. The van der Waals surface area contributed by atoms with E-state index in [2.05, 4.69) is 33.6 Å².